The number of carbonyl (C=O) groups excluding carboxylic acids is 1. The number of thioether (sulfide) groups is 1. The molecule has 1 rings (SSSR count). The fourth-order valence-electron chi connectivity index (χ4n) is 1.25. The second kappa shape index (κ2) is 6.12. The fraction of sp³-hybridized carbons (Fsp3) is 0.364. The minimum atomic E-state index is -5.15. The van der Waals surface area contributed by atoms with Gasteiger partial charge in [-0.2, -0.15) is 26.3 Å². The number of halogens is 7. The van der Waals surface area contributed by atoms with E-state index in [0.717, 1.165) is 12.1 Å². The summed E-state index contributed by atoms with van der Waals surface area (Å²) in [5, 5.41) is 1.49. The number of hydrogen-bond acceptors (Lipinski definition) is 2. The van der Waals surface area contributed by atoms with Crippen LogP contribution in [0.1, 0.15) is 5.56 Å². The molecule has 21 heavy (non-hydrogen) atoms. The highest BCUT2D eigenvalue weighted by atomic mass is 32.2. The molecule has 0 bridgehead atoms. The monoisotopic (exact) mass is 335 g/mol. The molecule has 1 amide bonds. The number of rotatable bonds is 3. The Hall–Kier alpha value is -1.45. The van der Waals surface area contributed by atoms with Crippen LogP contribution in [-0.2, 0) is 4.79 Å². The number of nitrogens with one attached hydrogen (secondary N) is 1. The van der Waals surface area contributed by atoms with Crippen LogP contribution in [0.2, 0.25) is 0 Å². The lowest BCUT2D eigenvalue weighted by molar-refractivity contribution is -0.167. The van der Waals surface area contributed by atoms with E-state index >= 15 is 0 Å². The van der Waals surface area contributed by atoms with Crippen LogP contribution in [0.15, 0.2) is 17.0 Å². The van der Waals surface area contributed by atoms with Gasteiger partial charge in [0.2, 0.25) is 0 Å². The molecule has 0 saturated heterocycles. The van der Waals surface area contributed by atoms with Crippen LogP contribution < -0.4 is 5.32 Å². The summed E-state index contributed by atoms with van der Waals surface area (Å²) in [6.45, 7) is 1.22. The summed E-state index contributed by atoms with van der Waals surface area (Å²) in [5.41, 5.74) is -0.440. The number of carbonyl (C=O) groups is 1. The molecule has 0 aliphatic carbocycles. The first-order valence-corrected chi connectivity index (χ1v) is 6.26. The van der Waals surface area contributed by atoms with E-state index < -0.39 is 40.4 Å². The predicted molar refractivity (Wildman–Crippen MR) is 62.6 cm³/mol. The summed E-state index contributed by atoms with van der Waals surface area (Å²) < 4.78 is 86.0. The van der Waals surface area contributed by atoms with Crippen LogP contribution >= 0.6 is 11.8 Å². The number of aryl methyl sites for hydroxylation is 1. The summed E-state index contributed by atoms with van der Waals surface area (Å²) in [4.78, 5) is 10.3. The number of benzene rings is 1. The minimum Gasteiger partial charge on any atom is -0.318 e. The van der Waals surface area contributed by atoms with Gasteiger partial charge >= 0.3 is 18.3 Å². The highest BCUT2D eigenvalue weighted by Crippen LogP contribution is 2.32. The van der Waals surface area contributed by atoms with Crippen LogP contribution in [0.5, 0.6) is 0 Å². The van der Waals surface area contributed by atoms with Crippen molar-refractivity contribution in [2.75, 3.05) is 11.1 Å². The minimum absolute atomic E-state index is 0.0403. The normalized spacial score (nSPS) is 12.4. The van der Waals surface area contributed by atoms with E-state index in [1.807, 2.05) is 0 Å². The molecule has 0 saturated carbocycles. The number of hydrogen-bond donors (Lipinski definition) is 1. The zero-order chi connectivity index (χ0) is 16.4. The van der Waals surface area contributed by atoms with E-state index in [2.05, 4.69) is 0 Å². The molecule has 0 aromatic heterocycles. The van der Waals surface area contributed by atoms with E-state index in [9.17, 15) is 35.5 Å². The lowest BCUT2D eigenvalue weighted by Gasteiger charge is -2.13. The molecule has 1 aromatic rings. The molecule has 0 aliphatic rings. The van der Waals surface area contributed by atoms with Gasteiger partial charge in [0.15, 0.2) is 0 Å². The summed E-state index contributed by atoms with van der Waals surface area (Å²) in [5.74, 6) is -4.70. The molecule has 1 N–H and O–H groups in total. The predicted octanol–water partition coefficient (Wildman–Crippen LogP) is 4.29. The highest BCUT2D eigenvalue weighted by Gasteiger charge is 2.39. The SMILES string of the molecule is Cc1cc(F)c(SCC(F)(F)F)cc1NC(=O)C(F)(F)F. The van der Waals surface area contributed by atoms with Crippen molar-refractivity contribution >= 4 is 23.4 Å². The Bertz CT molecular complexity index is 539. The third-order valence-corrected chi connectivity index (χ3v) is 3.27. The Morgan fingerprint density at radius 1 is 1.19 bits per heavy atom. The molecule has 2 nitrogen and oxygen atoms in total. The zero-order valence-corrected chi connectivity index (χ0v) is 11.1. The largest absolute Gasteiger partial charge is 0.471 e. The molecule has 118 valence electrons. The van der Waals surface area contributed by atoms with Crippen molar-refractivity contribution in [3.05, 3.63) is 23.5 Å². The Morgan fingerprint density at radius 2 is 1.76 bits per heavy atom. The van der Waals surface area contributed by atoms with E-state index in [4.69, 9.17) is 0 Å². The first-order valence-electron chi connectivity index (χ1n) is 5.28. The summed E-state index contributed by atoms with van der Waals surface area (Å²) in [6.07, 6.45) is -9.71. The molecule has 1 aromatic carbocycles. The average Bonchev–Trinajstić information content (AvgIpc) is 2.28. The standard InChI is InChI=1S/C11H8F7NOS/c1-5-2-6(12)8(21-4-10(13,14)15)3-7(5)19-9(20)11(16,17)18/h2-3H,4H2,1H3,(H,19,20). The molecule has 0 atom stereocenters. The Kier molecular flexibility index (Phi) is 5.13. The zero-order valence-electron chi connectivity index (χ0n) is 10.3. The van der Waals surface area contributed by atoms with Gasteiger partial charge in [-0.1, -0.05) is 0 Å². The Labute approximate surface area is 118 Å². The van der Waals surface area contributed by atoms with Gasteiger partial charge in [-0.3, -0.25) is 4.79 Å². The van der Waals surface area contributed by atoms with E-state index in [-0.39, 0.29) is 17.3 Å². The van der Waals surface area contributed by atoms with Gasteiger partial charge in [-0.25, -0.2) is 4.39 Å². The van der Waals surface area contributed by atoms with Gasteiger partial charge < -0.3 is 5.32 Å². The van der Waals surface area contributed by atoms with Gasteiger partial charge in [0.25, 0.3) is 0 Å². The molecule has 0 aliphatic heterocycles. The van der Waals surface area contributed by atoms with E-state index in [0.29, 0.717) is 0 Å². The molecule has 10 heteroatoms. The van der Waals surface area contributed by atoms with Crippen molar-refractivity contribution < 1.29 is 35.5 Å². The maximum atomic E-state index is 13.5. The van der Waals surface area contributed by atoms with Crippen molar-refractivity contribution in [2.24, 2.45) is 0 Å². The van der Waals surface area contributed by atoms with Crippen molar-refractivity contribution in [2.45, 2.75) is 24.2 Å². The maximum Gasteiger partial charge on any atom is 0.471 e. The molecule has 0 fully saturated rings. The molecular formula is C11H8F7NOS. The quantitative estimate of drug-likeness (QED) is 0.659. The van der Waals surface area contributed by atoms with Crippen LogP contribution in [0, 0.1) is 12.7 Å². The smallest absolute Gasteiger partial charge is 0.318 e. The second-order valence-electron chi connectivity index (χ2n) is 3.95. The molecule has 0 unspecified atom stereocenters. The fourth-order valence-corrected chi connectivity index (χ4v) is 1.97. The number of anilines is 1. The summed E-state index contributed by atoms with van der Waals surface area (Å²) >= 11 is 0.0789. The average molecular weight is 335 g/mol. The van der Waals surface area contributed by atoms with Gasteiger partial charge in [0.1, 0.15) is 5.82 Å². The van der Waals surface area contributed by atoms with Crippen LogP contribution in [0.3, 0.4) is 0 Å². The van der Waals surface area contributed by atoms with Crippen LogP contribution in [0.25, 0.3) is 0 Å². The first kappa shape index (κ1) is 17.6. The second-order valence-corrected chi connectivity index (χ2v) is 4.97. The third kappa shape index (κ3) is 5.44. The Morgan fingerprint density at radius 3 is 2.24 bits per heavy atom. The molecular weight excluding hydrogens is 327 g/mol. The maximum absolute atomic E-state index is 13.5. The highest BCUT2D eigenvalue weighted by molar-refractivity contribution is 7.99. The van der Waals surface area contributed by atoms with Gasteiger partial charge in [0, 0.05) is 10.6 Å². The first-order chi connectivity index (χ1) is 9.40. The van der Waals surface area contributed by atoms with Crippen LogP contribution in [-0.4, -0.2) is 24.0 Å². The topological polar surface area (TPSA) is 29.1 Å². The lowest BCUT2D eigenvalue weighted by atomic mass is 10.2. The molecule has 0 heterocycles. The van der Waals surface area contributed by atoms with Crippen molar-refractivity contribution in [1.29, 1.82) is 0 Å². The van der Waals surface area contributed by atoms with Gasteiger partial charge in [0.05, 0.1) is 5.75 Å². The van der Waals surface area contributed by atoms with Crippen molar-refractivity contribution in [3.63, 3.8) is 0 Å². The number of amides is 1. The Balaban J connectivity index is 2.98. The van der Waals surface area contributed by atoms with Gasteiger partial charge in [-0.05, 0) is 24.6 Å². The van der Waals surface area contributed by atoms with Gasteiger partial charge in [-0.15, -0.1) is 11.8 Å². The van der Waals surface area contributed by atoms with Crippen molar-refractivity contribution in [3.8, 4) is 0 Å². The molecule has 0 spiro atoms. The lowest BCUT2D eigenvalue weighted by Crippen LogP contribution is -2.30. The van der Waals surface area contributed by atoms with E-state index in [1.54, 1.807) is 0 Å². The number of alkyl halides is 6. The third-order valence-electron chi connectivity index (χ3n) is 2.18. The summed E-state index contributed by atoms with van der Waals surface area (Å²) in [6, 6.07) is 1.50. The molecule has 0 radical (unpaired) electrons. The van der Waals surface area contributed by atoms with E-state index in [1.165, 1.54) is 12.2 Å². The summed E-state index contributed by atoms with van der Waals surface area (Å²) in [7, 11) is 0. The van der Waals surface area contributed by atoms with Crippen molar-refractivity contribution in [1.82, 2.24) is 0 Å². The van der Waals surface area contributed by atoms with Crippen LogP contribution in [0.4, 0.5) is 36.4 Å².